The summed E-state index contributed by atoms with van der Waals surface area (Å²) in [4.78, 5) is 27.7. The Bertz CT molecular complexity index is 764. The number of alkyl carbamates (subject to hydrolysis) is 1. The Morgan fingerprint density at radius 3 is 2.56 bits per heavy atom. The van der Waals surface area contributed by atoms with Crippen LogP contribution in [0.25, 0.3) is 0 Å². The maximum Gasteiger partial charge on any atom is 0.407 e. The van der Waals surface area contributed by atoms with Gasteiger partial charge in [0.2, 0.25) is 0 Å². The molecular formula is C17H19N3O5. The highest BCUT2D eigenvalue weighted by Gasteiger charge is 2.12. The number of amides is 2. The average molecular weight is 345 g/mol. The lowest BCUT2D eigenvalue weighted by Gasteiger charge is -2.12. The molecule has 8 nitrogen and oxygen atoms in total. The summed E-state index contributed by atoms with van der Waals surface area (Å²) in [5, 5.41) is 5.28. The Kier molecular flexibility index (Phi) is 6.16. The summed E-state index contributed by atoms with van der Waals surface area (Å²) in [5.74, 6) is 0.762. The van der Waals surface area contributed by atoms with Gasteiger partial charge in [-0.3, -0.25) is 9.78 Å². The van der Waals surface area contributed by atoms with Crippen molar-refractivity contribution in [3.63, 3.8) is 0 Å². The Balaban J connectivity index is 2.14. The number of carbonyl (C=O) groups excluding carboxylic acids is 2. The van der Waals surface area contributed by atoms with Gasteiger partial charge in [-0.2, -0.15) is 0 Å². The molecule has 0 radical (unpaired) electrons. The highest BCUT2D eigenvalue weighted by atomic mass is 16.5. The zero-order valence-electron chi connectivity index (χ0n) is 14.2. The molecule has 0 saturated heterocycles. The van der Waals surface area contributed by atoms with Crippen LogP contribution in [0, 0.1) is 0 Å². The number of nitrogens with one attached hydrogen (secondary N) is 2. The maximum atomic E-state index is 12.5. The lowest BCUT2D eigenvalue weighted by molar-refractivity contribution is 0.102. The van der Waals surface area contributed by atoms with Crippen LogP contribution in [0.5, 0.6) is 11.5 Å². The predicted octanol–water partition coefficient (Wildman–Crippen LogP) is 2.21. The smallest absolute Gasteiger partial charge is 0.407 e. The Morgan fingerprint density at radius 2 is 1.88 bits per heavy atom. The topological polar surface area (TPSA) is 98.8 Å². The number of benzene rings is 1. The van der Waals surface area contributed by atoms with Crippen molar-refractivity contribution in [1.29, 1.82) is 0 Å². The average Bonchev–Trinajstić information content (AvgIpc) is 2.66. The summed E-state index contributed by atoms with van der Waals surface area (Å²) in [6.07, 6.45) is 0.921. The molecule has 0 fully saturated rings. The number of hydrogen-bond donors (Lipinski definition) is 2. The number of carbonyl (C=O) groups is 2. The molecule has 0 aliphatic heterocycles. The standard InChI is InChI=1S/C17H19N3O5/c1-23-13-4-5-15(24-2)14(9-13)20-16(21)11-6-7-18-12(8-11)10-19-17(22)25-3/h4-9H,10H2,1-3H3,(H,19,22)(H,20,21). The fraction of sp³-hybridized carbons (Fsp3) is 0.235. The molecule has 2 aromatic rings. The molecule has 0 saturated carbocycles. The van der Waals surface area contributed by atoms with E-state index < -0.39 is 6.09 Å². The van der Waals surface area contributed by atoms with E-state index in [1.807, 2.05) is 0 Å². The first-order chi connectivity index (χ1) is 12.1. The molecule has 0 atom stereocenters. The minimum atomic E-state index is -0.572. The van der Waals surface area contributed by atoms with Crippen molar-refractivity contribution in [3.05, 3.63) is 47.8 Å². The molecule has 1 aromatic carbocycles. The second kappa shape index (κ2) is 8.53. The molecular weight excluding hydrogens is 326 g/mol. The molecule has 25 heavy (non-hydrogen) atoms. The van der Waals surface area contributed by atoms with E-state index in [2.05, 4.69) is 20.4 Å². The first-order valence-corrected chi connectivity index (χ1v) is 7.37. The molecule has 2 rings (SSSR count). The van der Waals surface area contributed by atoms with E-state index in [1.54, 1.807) is 30.3 Å². The number of aromatic nitrogens is 1. The molecule has 0 bridgehead atoms. The van der Waals surface area contributed by atoms with E-state index in [9.17, 15) is 9.59 Å². The molecule has 1 heterocycles. The number of methoxy groups -OCH3 is 3. The van der Waals surface area contributed by atoms with Gasteiger partial charge >= 0.3 is 6.09 Å². The molecule has 132 valence electrons. The van der Waals surface area contributed by atoms with Crippen LogP contribution in [-0.4, -0.2) is 38.3 Å². The molecule has 2 N–H and O–H groups in total. The summed E-state index contributed by atoms with van der Waals surface area (Å²) in [6.45, 7) is 0.149. The number of pyridine rings is 1. The molecule has 1 aromatic heterocycles. The predicted molar refractivity (Wildman–Crippen MR) is 91.0 cm³/mol. The van der Waals surface area contributed by atoms with Crippen LogP contribution in [0.4, 0.5) is 10.5 Å². The molecule has 0 aliphatic carbocycles. The lowest BCUT2D eigenvalue weighted by atomic mass is 10.2. The van der Waals surface area contributed by atoms with Gasteiger partial charge in [0.25, 0.3) is 5.91 Å². The van der Waals surface area contributed by atoms with Crippen molar-refractivity contribution >= 4 is 17.7 Å². The van der Waals surface area contributed by atoms with Crippen LogP contribution >= 0.6 is 0 Å². The van der Waals surface area contributed by atoms with Crippen molar-refractivity contribution in [2.45, 2.75) is 6.54 Å². The second-order valence-electron chi connectivity index (χ2n) is 4.90. The monoisotopic (exact) mass is 345 g/mol. The first-order valence-electron chi connectivity index (χ1n) is 7.37. The Labute approximate surface area is 145 Å². The van der Waals surface area contributed by atoms with Gasteiger partial charge in [-0.05, 0) is 24.3 Å². The number of hydrogen-bond acceptors (Lipinski definition) is 6. The van der Waals surface area contributed by atoms with Crippen molar-refractivity contribution < 1.29 is 23.8 Å². The molecule has 2 amide bonds. The number of nitrogens with zero attached hydrogens (tertiary/aromatic N) is 1. The van der Waals surface area contributed by atoms with E-state index in [0.29, 0.717) is 28.4 Å². The lowest BCUT2D eigenvalue weighted by Crippen LogP contribution is -2.23. The third-order valence-electron chi connectivity index (χ3n) is 3.33. The maximum absolute atomic E-state index is 12.5. The van der Waals surface area contributed by atoms with Gasteiger partial charge in [0.15, 0.2) is 0 Å². The molecule has 0 spiro atoms. The second-order valence-corrected chi connectivity index (χ2v) is 4.90. The van der Waals surface area contributed by atoms with Gasteiger partial charge in [-0.1, -0.05) is 0 Å². The zero-order chi connectivity index (χ0) is 18.2. The quantitative estimate of drug-likeness (QED) is 0.833. The van der Waals surface area contributed by atoms with Crippen LogP contribution in [0.15, 0.2) is 36.5 Å². The van der Waals surface area contributed by atoms with Crippen molar-refractivity contribution in [2.24, 2.45) is 0 Å². The van der Waals surface area contributed by atoms with E-state index in [-0.39, 0.29) is 12.5 Å². The highest BCUT2D eigenvalue weighted by Crippen LogP contribution is 2.29. The van der Waals surface area contributed by atoms with Crippen LogP contribution in [0.3, 0.4) is 0 Å². The van der Waals surface area contributed by atoms with Crippen molar-refractivity contribution in [1.82, 2.24) is 10.3 Å². The van der Waals surface area contributed by atoms with Gasteiger partial charge in [-0.25, -0.2) is 4.79 Å². The normalized spacial score (nSPS) is 9.88. The van der Waals surface area contributed by atoms with Crippen molar-refractivity contribution in [2.75, 3.05) is 26.6 Å². The van der Waals surface area contributed by atoms with Gasteiger partial charge in [0.05, 0.1) is 39.3 Å². The van der Waals surface area contributed by atoms with E-state index in [4.69, 9.17) is 9.47 Å². The minimum Gasteiger partial charge on any atom is -0.497 e. The zero-order valence-corrected chi connectivity index (χ0v) is 14.2. The molecule has 8 heteroatoms. The third-order valence-corrected chi connectivity index (χ3v) is 3.33. The Hall–Kier alpha value is -3.29. The van der Waals surface area contributed by atoms with E-state index >= 15 is 0 Å². The summed E-state index contributed by atoms with van der Waals surface area (Å²) < 4.78 is 14.9. The SMILES string of the molecule is COC(=O)NCc1cc(C(=O)Nc2cc(OC)ccc2OC)ccn1. The fourth-order valence-corrected chi connectivity index (χ4v) is 2.06. The summed E-state index contributed by atoms with van der Waals surface area (Å²) in [6, 6.07) is 8.25. The van der Waals surface area contributed by atoms with Crippen LogP contribution in [-0.2, 0) is 11.3 Å². The van der Waals surface area contributed by atoms with Gasteiger partial charge in [0, 0.05) is 17.8 Å². The minimum absolute atomic E-state index is 0.149. The number of rotatable bonds is 6. The number of anilines is 1. The Morgan fingerprint density at radius 1 is 1.08 bits per heavy atom. The molecule has 0 unspecified atom stereocenters. The highest BCUT2D eigenvalue weighted by molar-refractivity contribution is 6.05. The summed E-state index contributed by atoms with van der Waals surface area (Å²) >= 11 is 0. The van der Waals surface area contributed by atoms with Crippen LogP contribution < -0.4 is 20.1 Å². The third kappa shape index (κ3) is 4.84. The number of ether oxygens (including phenoxy) is 3. The summed E-state index contributed by atoms with van der Waals surface area (Å²) in [5.41, 5.74) is 1.40. The van der Waals surface area contributed by atoms with Gasteiger partial charge < -0.3 is 24.8 Å². The van der Waals surface area contributed by atoms with Gasteiger partial charge in [-0.15, -0.1) is 0 Å². The van der Waals surface area contributed by atoms with E-state index in [0.717, 1.165) is 0 Å². The molecule has 0 aliphatic rings. The van der Waals surface area contributed by atoms with Gasteiger partial charge in [0.1, 0.15) is 11.5 Å². The first kappa shape index (κ1) is 18.1. The summed E-state index contributed by atoms with van der Waals surface area (Å²) in [7, 11) is 4.32. The van der Waals surface area contributed by atoms with E-state index in [1.165, 1.54) is 27.5 Å². The van der Waals surface area contributed by atoms with Crippen LogP contribution in [0.2, 0.25) is 0 Å². The largest absolute Gasteiger partial charge is 0.497 e. The van der Waals surface area contributed by atoms with Crippen molar-refractivity contribution in [3.8, 4) is 11.5 Å². The van der Waals surface area contributed by atoms with Crippen LogP contribution in [0.1, 0.15) is 16.1 Å². The fourth-order valence-electron chi connectivity index (χ4n) is 2.06.